The maximum absolute atomic E-state index is 12.1. The van der Waals surface area contributed by atoms with E-state index < -0.39 is 22.8 Å². The molecule has 1 aromatic carbocycles. The number of nitrogens with zero attached hydrogens (tertiary/aromatic N) is 1. The molecule has 8 heteroatoms. The number of carboxylic acids is 1. The summed E-state index contributed by atoms with van der Waals surface area (Å²) in [4.78, 5) is 33.5. The van der Waals surface area contributed by atoms with Crippen LogP contribution >= 0.6 is 0 Å². The van der Waals surface area contributed by atoms with Crippen molar-refractivity contribution in [2.75, 3.05) is 5.32 Å². The van der Waals surface area contributed by atoms with Gasteiger partial charge in [0.1, 0.15) is 6.04 Å². The Kier molecular flexibility index (Phi) is 6.25. The van der Waals surface area contributed by atoms with Crippen LogP contribution in [-0.2, 0) is 9.59 Å². The Hall–Kier alpha value is -2.48. The number of hydrogen-bond acceptors (Lipinski definition) is 5. The predicted octanol–water partition coefficient (Wildman–Crippen LogP) is -0.0620. The number of carboxylic acid groups (broad SMARTS) is 1. The second-order valence-electron chi connectivity index (χ2n) is 6.08. The molecule has 1 aromatic rings. The lowest BCUT2D eigenvalue weighted by atomic mass is 9.94. The van der Waals surface area contributed by atoms with Crippen LogP contribution < -0.4 is 15.7 Å². The fourth-order valence-electron chi connectivity index (χ4n) is 2.99. The number of benzene rings is 1. The molecule has 2 rings (SSSR count). The zero-order chi connectivity index (χ0) is 17.5. The SMILES string of the molecule is O=C(C[C@@H]([NH2+]C1CCCCC1)C(=O)[O-])Nc1cccc([N+](=O)[O-])c1. The van der Waals surface area contributed by atoms with Gasteiger partial charge in [0.25, 0.3) is 5.69 Å². The number of nitrogens with two attached hydrogens (primary N) is 1. The molecule has 1 amide bonds. The summed E-state index contributed by atoms with van der Waals surface area (Å²) in [5, 5.41) is 26.2. The van der Waals surface area contributed by atoms with E-state index in [-0.39, 0.29) is 23.8 Å². The summed E-state index contributed by atoms with van der Waals surface area (Å²) in [6.45, 7) is 0. The Morgan fingerprint density at radius 3 is 2.62 bits per heavy atom. The monoisotopic (exact) mass is 335 g/mol. The minimum atomic E-state index is -1.27. The van der Waals surface area contributed by atoms with Crippen LogP contribution in [0, 0.1) is 10.1 Å². The lowest BCUT2D eigenvalue weighted by molar-refractivity contribution is -0.716. The molecule has 0 radical (unpaired) electrons. The molecule has 1 aliphatic carbocycles. The molecule has 24 heavy (non-hydrogen) atoms. The number of carbonyl (C=O) groups excluding carboxylic acids is 2. The third-order valence-electron chi connectivity index (χ3n) is 4.20. The third-order valence-corrected chi connectivity index (χ3v) is 4.20. The first-order chi connectivity index (χ1) is 11.5. The van der Waals surface area contributed by atoms with Gasteiger partial charge in [-0.25, -0.2) is 0 Å². The summed E-state index contributed by atoms with van der Waals surface area (Å²) in [5.74, 6) is -1.77. The van der Waals surface area contributed by atoms with Crippen LogP contribution in [0.15, 0.2) is 24.3 Å². The van der Waals surface area contributed by atoms with Gasteiger partial charge in [0.15, 0.2) is 0 Å². The largest absolute Gasteiger partial charge is 0.544 e. The number of quaternary nitrogens is 1. The van der Waals surface area contributed by atoms with Crippen molar-refractivity contribution in [3.8, 4) is 0 Å². The number of nitrogens with one attached hydrogen (secondary N) is 1. The molecule has 3 N–H and O–H groups in total. The average molecular weight is 335 g/mol. The topological polar surface area (TPSA) is 129 Å². The van der Waals surface area contributed by atoms with Crippen molar-refractivity contribution in [1.82, 2.24) is 0 Å². The number of nitro groups is 1. The van der Waals surface area contributed by atoms with E-state index in [4.69, 9.17) is 0 Å². The van der Waals surface area contributed by atoms with E-state index in [0.717, 1.165) is 32.1 Å². The number of anilines is 1. The number of rotatable bonds is 7. The van der Waals surface area contributed by atoms with Gasteiger partial charge in [0, 0.05) is 17.8 Å². The van der Waals surface area contributed by atoms with Crippen molar-refractivity contribution in [1.29, 1.82) is 0 Å². The van der Waals surface area contributed by atoms with Crippen molar-refractivity contribution in [3.63, 3.8) is 0 Å². The van der Waals surface area contributed by atoms with Crippen LogP contribution in [0.25, 0.3) is 0 Å². The molecule has 0 aliphatic heterocycles. The van der Waals surface area contributed by atoms with Crippen LogP contribution in [-0.4, -0.2) is 28.9 Å². The summed E-state index contributed by atoms with van der Waals surface area (Å²) in [5.41, 5.74) is 0.127. The highest BCUT2D eigenvalue weighted by Gasteiger charge is 2.25. The molecule has 130 valence electrons. The first kappa shape index (κ1) is 17.9. The molecule has 1 fully saturated rings. The molecule has 0 aromatic heterocycles. The highest BCUT2D eigenvalue weighted by Crippen LogP contribution is 2.17. The van der Waals surface area contributed by atoms with E-state index in [1.165, 1.54) is 24.3 Å². The standard InChI is InChI=1S/C16H21N3O5/c20-15(18-12-7-4-8-13(9-12)19(23)24)10-14(16(21)22)17-11-5-2-1-3-6-11/h4,7-9,11,14,17H,1-3,5-6,10H2,(H,18,20)(H,21,22)/t14-/m1/s1. The fraction of sp³-hybridized carbons (Fsp3) is 0.500. The van der Waals surface area contributed by atoms with E-state index in [9.17, 15) is 24.8 Å². The first-order valence-electron chi connectivity index (χ1n) is 8.06. The quantitative estimate of drug-likeness (QED) is 0.532. The van der Waals surface area contributed by atoms with Gasteiger partial charge in [-0.2, -0.15) is 0 Å². The zero-order valence-corrected chi connectivity index (χ0v) is 13.3. The minimum absolute atomic E-state index is 0.141. The van der Waals surface area contributed by atoms with Gasteiger partial charge < -0.3 is 20.5 Å². The molecule has 0 heterocycles. The van der Waals surface area contributed by atoms with E-state index in [2.05, 4.69) is 5.32 Å². The van der Waals surface area contributed by atoms with Gasteiger partial charge in [-0.05, 0) is 31.7 Å². The summed E-state index contributed by atoms with van der Waals surface area (Å²) >= 11 is 0. The number of nitro benzene ring substituents is 1. The van der Waals surface area contributed by atoms with Crippen molar-refractivity contribution < 1.29 is 24.9 Å². The number of carbonyl (C=O) groups is 2. The highest BCUT2D eigenvalue weighted by atomic mass is 16.6. The molecular formula is C16H21N3O5. The van der Waals surface area contributed by atoms with Gasteiger partial charge >= 0.3 is 0 Å². The summed E-state index contributed by atoms with van der Waals surface area (Å²) < 4.78 is 0. The molecule has 1 saturated carbocycles. The lowest BCUT2D eigenvalue weighted by Crippen LogP contribution is -2.98. The third kappa shape index (κ3) is 5.31. The number of amides is 1. The summed E-state index contributed by atoms with van der Waals surface area (Å²) in [6, 6.07) is 4.77. The molecule has 0 unspecified atom stereocenters. The van der Waals surface area contributed by atoms with Gasteiger partial charge in [-0.1, -0.05) is 12.5 Å². The minimum Gasteiger partial charge on any atom is -0.544 e. The van der Waals surface area contributed by atoms with Gasteiger partial charge in [0.2, 0.25) is 5.91 Å². The van der Waals surface area contributed by atoms with Crippen LogP contribution in [0.4, 0.5) is 11.4 Å². The predicted molar refractivity (Wildman–Crippen MR) is 83.9 cm³/mol. The van der Waals surface area contributed by atoms with Crippen LogP contribution in [0.1, 0.15) is 38.5 Å². The zero-order valence-electron chi connectivity index (χ0n) is 13.3. The Bertz CT molecular complexity index is 613. The first-order valence-corrected chi connectivity index (χ1v) is 8.06. The fourth-order valence-corrected chi connectivity index (χ4v) is 2.99. The Labute approximate surface area is 139 Å². The Morgan fingerprint density at radius 1 is 1.29 bits per heavy atom. The van der Waals surface area contributed by atoms with Crippen LogP contribution in [0.2, 0.25) is 0 Å². The maximum atomic E-state index is 12.1. The van der Waals surface area contributed by atoms with E-state index in [0.29, 0.717) is 0 Å². The van der Waals surface area contributed by atoms with Crippen molar-refractivity contribution in [3.05, 3.63) is 34.4 Å². The molecule has 0 saturated heterocycles. The second-order valence-corrected chi connectivity index (χ2v) is 6.08. The number of hydrogen-bond donors (Lipinski definition) is 2. The molecule has 0 bridgehead atoms. The average Bonchev–Trinajstić information content (AvgIpc) is 2.55. The molecule has 1 atom stereocenters. The molecule has 0 spiro atoms. The van der Waals surface area contributed by atoms with E-state index >= 15 is 0 Å². The molecule has 8 nitrogen and oxygen atoms in total. The summed E-state index contributed by atoms with van der Waals surface area (Å²) in [6.07, 6.45) is 4.95. The van der Waals surface area contributed by atoms with Crippen molar-refractivity contribution >= 4 is 23.3 Å². The summed E-state index contributed by atoms with van der Waals surface area (Å²) in [7, 11) is 0. The number of aliphatic carboxylic acids is 1. The lowest BCUT2D eigenvalue weighted by Gasteiger charge is -2.25. The van der Waals surface area contributed by atoms with Crippen molar-refractivity contribution in [2.24, 2.45) is 0 Å². The van der Waals surface area contributed by atoms with E-state index in [1.54, 1.807) is 5.32 Å². The maximum Gasteiger partial charge on any atom is 0.271 e. The Balaban J connectivity index is 1.93. The van der Waals surface area contributed by atoms with Crippen molar-refractivity contribution in [2.45, 2.75) is 50.6 Å². The van der Waals surface area contributed by atoms with Gasteiger partial charge in [-0.3, -0.25) is 14.9 Å². The normalized spacial score (nSPS) is 16.3. The second kappa shape index (κ2) is 8.39. The van der Waals surface area contributed by atoms with Gasteiger partial charge in [0.05, 0.1) is 23.4 Å². The smallest absolute Gasteiger partial charge is 0.271 e. The molecular weight excluding hydrogens is 314 g/mol. The number of non-ortho nitro benzene ring substituents is 1. The van der Waals surface area contributed by atoms with Gasteiger partial charge in [-0.15, -0.1) is 0 Å². The highest BCUT2D eigenvalue weighted by molar-refractivity contribution is 5.93. The molecule has 1 aliphatic rings. The Morgan fingerprint density at radius 2 is 2.00 bits per heavy atom. The van der Waals surface area contributed by atoms with E-state index in [1.807, 2.05) is 0 Å². The van der Waals surface area contributed by atoms with Crippen LogP contribution in [0.3, 0.4) is 0 Å². The van der Waals surface area contributed by atoms with Crippen LogP contribution in [0.5, 0.6) is 0 Å².